The van der Waals surface area contributed by atoms with E-state index < -0.39 is 10.8 Å². The molecular formula is C26H25N5O3. The van der Waals surface area contributed by atoms with E-state index in [0.717, 1.165) is 42.5 Å². The zero-order chi connectivity index (χ0) is 23.7. The van der Waals surface area contributed by atoms with Crippen molar-refractivity contribution >= 4 is 34.0 Å². The van der Waals surface area contributed by atoms with Gasteiger partial charge in [-0.3, -0.25) is 14.9 Å². The molecule has 34 heavy (non-hydrogen) atoms. The van der Waals surface area contributed by atoms with E-state index in [9.17, 15) is 14.9 Å². The zero-order valence-corrected chi connectivity index (χ0v) is 18.8. The summed E-state index contributed by atoms with van der Waals surface area (Å²) < 4.78 is 0. The van der Waals surface area contributed by atoms with Crippen LogP contribution < -0.4 is 10.2 Å². The Morgan fingerprint density at radius 3 is 2.65 bits per heavy atom. The van der Waals surface area contributed by atoms with E-state index in [1.807, 2.05) is 47.4 Å². The first-order valence-electron chi connectivity index (χ1n) is 11.4. The van der Waals surface area contributed by atoms with Gasteiger partial charge in [0.15, 0.2) is 0 Å². The number of H-pyrrole nitrogens is 1. The Kier molecular flexibility index (Phi) is 5.71. The third kappa shape index (κ3) is 4.34. The van der Waals surface area contributed by atoms with Crippen LogP contribution in [0.4, 0.5) is 17.1 Å². The second-order valence-electron chi connectivity index (χ2n) is 8.77. The van der Waals surface area contributed by atoms with Crippen molar-refractivity contribution < 1.29 is 9.72 Å². The number of para-hydroxylation sites is 2. The van der Waals surface area contributed by atoms with Crippen molar-refractivity contribution in [1.29, 1.82) is 0 Å². The second kappa shape index (κ2) is 8.97. The quantitative estimate of drug-likeness (QED) is 0.300. The minimum atomic E-state index is -0.410. The van der Waals surface area contributed by atoms with Gasteiger partial charge in [0, 0.05) is 36.0 Å². The lowest BCUT2D eigenvalue weighted by Gasteiger charge is -2.31. The van der Waals surface area contributed by atoms with E-state index in [0.29, 0.717) is 23.1 Å². The van der Waals surface area contributed by atoms with Gasteiger partial charge in [0.2, 0.25) is 0 Å². The summed E-state index contributed by atoms with van der Waals surface area (Å²) in [4.78, 5) is 34.2. The molecule has 8 nitrogen and oxygen atoms in total. The molecule has 4 aromatic rings. The monoisotopic (exact) mass is 455 g/mol. The molecule has 0 bridgehead atoms. The molecule has 2 heterocycles. The van der Waals surface area contributed by atoms with Crippen molar-refractivity contribution in [2.45, 2.75) is 19.8 Å². The molecule has 0 aliphatic carbocycles. The molecule has 1 aliphatic heterocycles. The third-order valence-electron chi connectivity index (χ3n) is 6.34. The highest BCUT2D eigenvalue weighted by molar-refractivity contribution is 6.05. The molecule has 5 rings (SSSR count). The number of piperidine rings is 1. The molecule has 1 saturated heterocycles. The number of nitrogens with one attached hydrogen (secondary N) is 2. The van der Waals surface area contributed by atoms with Crippen molar-refractivity contribution in [2.75, 3.05) is 23.3 Å². The smallest absolute Gasteiger partial charge is 0.293 e. The highest BCUT2D eigenvalue weighted by atomic mass is 16.6. The van der Waals surface area contributed by atoms with Gasteiger partial charge in [-0.15, -0.1) is 0 Å². The number of rotatable bonds is 5. The third-order valence-corrected chi connectivity index (χ3v) is 6.34. The molecule has 0 radical (unpaired) electrons. The Morgan fingerprint density at radius 1 is 1.09 bits per heavy atom. The topological polar surface area (TPSA) is 104 Å². The molecule has 1 amide bonds. The van der Waals surface area contributed by atoms with Gasteiger partial charge in [-0.25, -0.2) is 4.98 Å². The van der Waals surface area contributed by atoms with Crippen molar-refractivity contribution in [3.8, 4) is 11.4 Å². The Morgan fingerprint density at radius 2 is 1.88 bits per heavy atom. The Balaban J connectivity index is 1.37. The minimum Gasteiger partial charge on any atom is -0.366 e. The van der Waals surface area contributed by atoms with E-state index in [1.54, 1.807) is 18.2 Å². The number of benzene rings is 3. The first-order chi connectivity index (χ1) is 16.5. The number of imidazole rings is 1. The summed E-state index contributed by atoms with van der Waals surface area (Å²) in [6.45, 7) is 3.76. The fourth-order valence-corrected chi connectivity index (χ4v) is 4.36. The van der Waals surface area contributed by atoms with Crippen LogP contribution in [-0.2, 0) is 0 Å². The van der Waals surface area contributed by atoms with E-state index in [4.69, 9.17) is 0 Å². The standard InChI is InChI=1S/C26H25N5O3/c1-17-11-13-30(14-12-17)23-10-9-19(16-24(23)31(33)34)26(32)27-20-6-4-5-18(15-20)25-28-21-7-2-3-8-22(21)29-25/h2-10,15-17H,11-14H2,1H3,(H,27,32)(H,28,29). The molecule has 0 atom stereocenters. The maximum Gasteiger partial charge on any atom is 0.293 e. The average Bonchev–Trinajstić information content (AvgIpc) is 3.29. The van der Waals surface area contributed by atoms with Crippen LogP contribution >= 0.6 is 0 Å². The van der Waals surface area contributed by atoms with Crippen molar-refractivity contribution in [3.63, 3.8) is 0 Å². The van der Waals surface area contributed by atoms with Gasteiger partial charge in [0.05, 0.1) is 16.0 Å². The average molecular weight is 456 g/mol. The van der Waals surface area contributed by atoms with Crippen molar-refractivity contribution in [1.82, 2.24) is 9.97 Å². The highest BCUT2D eigenvalue weighted by Crippen LogP contribution is 2.32. The van der Waals surface area contributed by atoms with E-state index in [-0.39, 0.29) is 11.3 Å². The van der Waals surface area contributed by atoms with Crippen molar-refractivity contribution in [2.24, 2.45) is 5.92 Å². The maximum absolute atomic E-state index is 12.9. The number of amides is 1. The predicted octanol–water partition coefficient (Wildman–Crippen LogP) is 5.63. The number of nitro benzene ring substituents is 1. The summed E-state index contributed by atoms with van der Waals surface area (Å²) in [7, 11) is 0. The van der Waals surface area contributed by atoms with E-state index in [1.165, 1.54) is 6.07 Å². The number of aromatic nitrogens is 2. The number of anilines is 2. The Labute approximate surface area is 196 Å². The summed E-state index contributed by atoms with van der Waals surface area (Å²) in [5.74, 6) is 0.924. The number of nitro groups is 1. The predicted molar refractivity (Wildman–Crippen MR) is 133 cm³/mol. The Hall–Kier alpha value is -4.20. The first kappa shape index (κ1) is 21.6. The number of hydrogen-bond donors (Lipinski definition) is 2. The van der Waals surface area contributed by atoms with Crippen LogP contribution in [-0.4, -0.2) is 33.9 Å². The minimum absolute atomic E-state index is 0.0433. The number of carbonyl (C=O) groups excluding carboxylic acids is 1. The summed E-state index contributed by atoms with van der Waals surface area (Å²) >= 11 is 0. The fourth-order valence-electron chi connectivity index (χ4n) is 4.36. The molecule has 0 unspecified atom stereocenters. The summed E-state index contributed by atoms with van der Waals surface area (Å²) in [6, 6.07) is 19.8. The fraction of sp³-hybridized carbons (Fsp3) is 0.231. The summed E-state index contributed by atoms with van der Waals surface area (Å²) in [5, 5.41) is 14.6. The highest BCUT2D eigenvalue weighted by Gasteiger charge is 2.25. The van der Waals surface area contributed by atoms with Crippen LogP contribution in [0, 0.1) is 16.0 Å². The Bertz CT molecular complexity index is 1340. The van der Waals surface area contributed by atoms with Crippen LogP contribution in [0.1, 0.15) is 30.1 Å². The normalized spacial score (nSPS) is 14.3. The van der Waals surface area contributed by atoms with Gasteiger partial charge in [-0.2, -0.15) is 0 Å². The lowest BCUT2D eigenvalue weighted by atomic mass is 9.98. The molecule has 8 heteroatoms. The van der Waals surface area contributed by atoms with Gasteiger partial charge in [-0.1, -0.05) is 31.2 Å². The number of aromatic amines is 1. The van der Waals surface area contributed by atoms with Gasteiger partial charge in [0.25, 0.3) is 11.6 Å². The van der Waals surface area contributed by atoms with Crippen LogP contribution in [0.3, 0.4) is 0 Å². The molecule has 1 aliphatic rings. The largest absolute Gasteiger partial charge is 0.366 e. The van der Waals surface area contributed by atoms with Crippen molar-refractivity contribution in [3.05, 3.63) is 82.4 Å². The SMILES string of the molecule is CC1CCN(c2ccc(C(=O)Nc3cccc(-c4nc5ccccc5[nH]4)c3)cc2[N+](=O)[O-])CC1. The number of carbonyl (C=O) groups is 1. The molecule has 1 aromatic heterocycles. The second-order valence-corrected chi connectivity index (χ2v) is 8.77. The van der Waals surface area contributed by atoms with E-state index >= 15 is 0 Å². The van der Waals surface area contributed by atoms with Gasteiger partial charge in [0.1, 0.15) is 11.5 Å². The zero-order valence-electron chi connectivity index (χ0n) is 18.8. The number of fused-ring (bicyclic) bond motifs is 1. The first-order valence-corrected chi connectivity index (χ1v) is 11.4. The van der Waals surface area contributed by atoms with Crippen LogP contribution in [0.2, 0.25) is 0 Å². The van der Waals surface area contributed by atoms with Crippen LogP contribution in [0.15, 0.2) is 66.7 Å². The number of nitrogens with zero attached hydrogens (tertiary/aromatic N) is 3. The van der Waals surface area contributed by atoms with Gasteiger partial charge in [-0.05, 0) is 55.2 Å². The van der Waals surface area contributed by atoms with Crippen LogP contribution in [0.25, 0.3) is 22.4 Å². The molecule has 2 N–H and O–H groups in total. The summed E-state index contributed by atoms with van der Waals surface area (Å²) in [6.07, 6.45) is 2.00. The molecule has 172 valence electrons. The van der Waals surface area contributed by atoms with Crippen LogP contribution in [0.5, 0.6) is 0 Å². The number of hydrogen-bond acceptors (Lipinski definition) is 5. The van der Waals surface area contributed by atoms with Gasteiger partial charge >= 0.3 is 0 Å². The molecule has 3 aromatic carbocycles. The molecule has 0 saturated carbocycles. The lowest BCUT2D eigenvalue weighted by Crippen LogP contribution is -2.33. The summed E-state index contributed by atoms with van der Waals surface area (Å²) in [5.41, 5.74) is 3.98. The van der Waals surface area contributed by atoms with Gasteiger partial charge < -0.3 is 15.2 Å². The molecule has 0 spiro atoms. The lowest BCUT2D eigenvalue weighted by molar-refractivity contribution is -0.384. The molecule has 1 fully saturated rings. The molecular weight excluding hydrogens is 430 g/mol. The maximum atomic E-state index is 12.9. The van der Waals surface area contributed by atoms with E-state index in [2.05, 4.69) is 22.2 Å².